The first-order valence-corrected chi connectivity index (χ1v) is 5.79. The average Bonchev–Trinajstić information content (AvgIpc) is 2.69. The summed E-state index contributed by atoms with van der Waals surface area (Å²) in [7, 11) is 0. The van der Waals surface area contributed by atoms with Gasteiger partial charge in [-0.3, -0.25) is 4.90 Å². The van der Waals surface area contributed by atoms with Gasteiger partial charge in [-0.25, -0.2) is 0 Å². The number of hydrogen-bond donors (Lipinski definition) is 1. The molecule has 5 nitrogen and oxygen atoms in total. The minimum atomic E-state index is -4.44. The molecule has 0 saturated heterocycles. The van der Waals surface area contributed by atoms with Crippen molar-refractivity contribution < 1.29 is 13.2 Å². The zero-order valence-electron chi connectivity index (χ0n) is 10.3. The summed E-state index contributed by atoms with van der Waals surface area (Å²) in [4.78, 5) is 2.02. The molecule has 0 bridgehead atoms. The van der Waals surface area contributed by atoms with Crippen LogP contribution in [-0.2, 0) is 19.3 Å². The Labute approximate surface area is 103 Å². The van der Waals surface area contributed by atoms with E-state index >= 15 is 0 Å². The van der Waals surface area contributed by atoms with Crippen molar-refractivity contribution in [2.45, 2.75) is 45.2 Å². The summed E-state index contributed by atoms with van der Waals surface area (Å²) in [5.74, 6) is -0.563. The second kappa shape index (κ2) is 4.51. The van der Waals surface area contributed by atoms with Gasteiger partial charge in [-0.2, -0.15) is 13.2 Å². The van der Waals surface area contributed by atoms with E-state index in [-0.39, 0.29) is 18.6 Å². The van der Waals surface area contributed by atoms with Crippen LogP contribution in [0.5, 0.6) is 0 Å². The Kier molecular flexibility index (Phi) is 3.33. The number of fused-ring (bicyclic) bond motifs is 1. The minimum Gasteiger partial charge on any atom is -0.327 e. The molecule has 1 aliphatic heterocycles. The third kappa shape index (κ3) is 2.35. The van der Waals surface area contributed by atoms with Crippen molar-refractivity contribution in [3.63, 3.8) is 0 Å². The van der Waals surface area contributed by atoms with Gasteiger partial charge in [-0.05, 0) is 13.8 Å². The summed E-state index contributed by atoms with van der Waals surface area (Å²) in [5, 5.41) is 6.86. The number of alkyl halides is 3. The molecule has 0 radical (unpaired) electrons. The Bertz CT molecular complexity index is 426. The maximum atomic E-state index is 12.6. The molecule has 1 aliphatic rings. The number of rotatable bonds is 2. The van der Waals surface area contributed by atoms with E-state index in [1.807, 2.05) is 18.7 Å². The molecule has 18 heavy (non-hydrogen) atoms. The Hall–Kier alpha value is -1.15. The van der Waals surface area contributed by atoms with E-state index in [1.54, 1.807) is 0 Å². The van der Waals surface area contributed by atoms with Gasteiger partial charge in [0.1, 0.15) is 5.82 Å². The Morgan fingerprint density at radius 2 is 1.89 bits per heavy atom. The fraction of sp³-hybridized carbons (Fsp3) is 0.800. The third-order valence-electron chi connectivity index (χ3n) is 3.37. The van der Waals surface area contributed by atoms with E-state index < -0.39 is 12.0 Å². The van der Waals surface area contributed by atoms with E-state index in [9.17, 15) is 13.2 Å². The number of hydrogen-bond acceptors (Lipinski definition) is 4. The van der Waals surface area contributed by atoms with E-state index in [0.29, 0.717) is 18.9 Å². The summed E-state index contributed by atoms with van der Waals surface area (Å²) in [6.07, 6.45) is -4.44. The molecule has 0 amide bonds. The molecule has 0 spiro atoms. The Balaban J connectivity index is 2.20. The van der Waals surface area contributed by atoms with Crippen molar-refractivity contribution in [3.05, 3.63) is 11.6 Å². The van der Waals surface area contributed by atoms with E-state index in [0.717, 1.165) is 4.57 Å². The topological polar surface area (TPSA) is 60.0 Å². The summed E-state index contributed by atoms with van der Waals surface area (Å²) < 4.78 is 39.1. The number of nitrogens with zero attached hydrogens (tertiary/aromatic N) is 4. The van der Waals surface area contributed by atoms with Crippen LogP contribution in [-0.4, -0.2) is 38.3 Å². The summed E-state index contributed by atoms with van der Waals surface area (Å²) >= 11 is 0. The molecule has 0 aliphatic carbocycles. The van der Waals surface area contributed by atoms with Crippen LogP contribution in [0.25, 0.3) is 0 Å². The number of halogens is 3. The zero-order valence-corrected chi connectivity index (χ0v) is 10.3. The molecule has 2 heterocycles. The molecule has 0 saturated carbocycles. The van der Waals surface area contributed by atoms with Gasteiger partial charge in [0.05, 0.1) is 6.54 Å². The maximum Gasteiger partial charge on any atom is 0.451 e. The van der Waals surface area contributed by atoms with Crippen LogP contribution in [0.3, 0.4) is 0 Å². The van der Waals surface area contributed by atoms with E-state index in [1.165, 1.54) is 0 Å². The highest BCUT2D eigenvalue weighted by Gasteiger charge is 2.39. The monoisotopic (exact) mass is 263 g/mol. The van der Waals surface area contributed by atoms with Crippen molar-refractivity contribution in [1.82, 2.24) is 19.7 Å². The van der Waals surface area contributed by atoms with Crippen molar-refractivity contribution in [1.29, 1.82) is 0 Å². The lowest BCUT2D eigenvalue weighted by atomic mass is 10.1. The smallest absolute Gasteiger partial charge is 0.327 e. The molecular weight excluding hydrogens is 247 g/mol. The van der Waals surface area contributed by atoms with Crippen LogP contribution in [0.15, 0.2) is 0 Å². The van der Waals surface area contributed by atoms with Crippen molar-refractivity contribution in [3.8, 4) is 0 Å². The summed E-state index contributed by atoms with van der Waals surface area (Å²) in [5.41, 5.74) is 5.80. The first kappa shape index (κ1) is 13.3. The molecule has 102 valence electrons. The molecule has 2 rings (SSSR count). The van der Waals surface area contributed by atoms with Crippen LogP contribution < -0.4 is 5.73 Å². The van der Waals surface area contributed by atoms with Gasteiger partial charge in [-0.15, -0.1) is 10.2 Å². The molecule has 1 aromatic heterocycles. The molecule has 2 N–H and O–H groups in total. The van der Waals surface area contributed by atoms with Gasteiger partial charge < -0.3 is 10.3 Å². The van der Waals surface area contributed by atoms with Gasteiger partial charge in [0.15, 0.2) is 0 Å². The van der Waals surface area contributed by atoms with Gasteiger partial charge in [-0.1, -0.05) is 0 Å². The highest BCUT2D eigenvalue weighted by atomic mass is 19.4. The molecular formula is C10H16F3N5. The normalized spacial score (nSPS) is 20.6. The quantitative estimate of drug-likeness (QED) is 0.859. The highest BCUT2D eigenvalue weighted by molar-refractivity contribution is 5.02. The molecule has 0 aromatic carbocycles. The number of aromatic nitrogens is 3. The lowest BCUT2D eigenvalue weighted by molar-refractivity contribution is -0.148. The summed E-state index contributed by atoms with van der Waals surface area (Å²) in [6, 6.07) is 0.0614. The van der Waals surface area contributed by atoms with Crippen LogP contribution in [0.1, 0.15) is 25.5 Å². The fourth-order valence-electron chi connectivity index (χ4n) is 2.07. The zero-order chi connectivity index (χ0) is 13.5. The van der Waals surface area contributed by atoms with Crippen LogP contribution >= 0.6 is 0 Å². The lowest BCUT2D eigenvalue weighted by Crippen LogP contribution is -2.47. The Morgan fingerprint density at radius 1 is 1.22 bits per heavy atom. The number of nitrogens with two attached hydrogens (primary N) is 1. The first-order chi connectivity index (χ1) is 8.30. The van der Waals surface area contributed by atoms with Crippen molar-refractivity contribution >= 4 is 0 Å². The molecule has 2 unspecified atom stereocenters. The van der Waals surface area contributed by atoms with Gasteiger partial charge in [0.2, 0.25) is 5.82 Å². The maximum absolute atomic E-state index is 12.6. The molecule has 0 fully saturated rings. The lowest BCUT2D eigenvalue weighted by Gasteiger charge is -2.34. The van der Waals surface area contributed by atoms with Crippen molar-refractivity contribution in [2.24, 2.45) is 5.73 Å². The molecule has 2 atom stereocenters. The molecule has 1 aromatic rings. The largest absolute Gasteiger partial charge is 0.451 e. The van der Waals surface area contributed by atoms with Crippen LogP contribution in [0.4, 0.5) is 13.2 Å². The van der Waals surface area contributed by atoms with Gasteiger partial charge in [0.25, 0.3) is 0 Å². The SMILES string of the molecule is CC(N)C(C)N1CCn2c(nnc2C(F)(F)F)C1. The Morgan fingerprint density at radius 3 is 2.44 bits per heavy atom. The van der Waals surface area contributed by atoms with E-state index in [2.05, 4.69) is 10.2 Å². The van der Waals surface area contributed by atoms with E-state index in [4.69, 9.17) is 5.73 Å². The van der Waals surface area contributed by atoms with Gasteiger partial charge >= 0.3 is 6.18 Å². The predicted octanol–water partition coefficient (Wildman–Crippen LogP) is 0.848. The second-order valence-corrected chi connectivity index (χ2v) is 4.66. The second-order valence-electron chi connectivity index (χ2n) is 4.66. The standard InChI is InChI=1S/C10H16F3N5/c1-6(14)7(2)17-3-4-18-8(5-17)15-16-9(18)10(11,12)13/h6-7H,3-5,14H2,1-2H3. The highest BCUT2D eigenvalue weighted by Crippen LogP contribution is 2.29. The average molecular weight is 263 g/mol. The van der Waals surface area contributed by atoms with Crippen molar-refractivity contribution in [2.75, 3.05) is 6.54 Å². The summed E-state index contributed by atoms with van der Waals surface area (Å²) in [6.45, 7) is 4.96. The van der Waals surface area contributed by atoms with Gasteiger partial charge in [0, 0.05) is 25.2 Å². The van der Waals surface area contributed by atoms with Crippen LogP contribution in [0.2, 0.25) is 0 Å². The first-order valence-electron chi connectivity index (χ1n) is 5.79. The minimum absolute atomic E-state index is 0.0402. The molecule has 8 heteroatoms. The van der Waals surface area contributed by atoms with Crippen LogP contribution in [0, 0.1) is 0 Å². The predicted molar refractivity (Wildman–Crippen MR) is 58.5 cm³/mol. The fourth-order valence-corrected chi connectivity index (χ4v) is 2.07. The third-order valence-corrected chi connectivity index (χ3v) is 3.37.